The number of benzene rings is 2. The maximum Gasteiger partial charge on any atom is 0.338 e. The van der Waals surface area contributed by atoms with Crippen LogP contribution in [-0.4, -0.2) is 49.7 Å². The predicted octanol–water partition coefficient (Wildman–Crippen LogP) is 3.52. The minimum Gasteiger partial charge on any atom is -0.452 e. The molecule has 9 nitrogen and oxygen atoms in total. The Morgan fingerprint density at radius 2 is 1.78 bits per heavy atom. The van der Waals surface area contributed by atoms with Crippen molar-refractivity contribution in [3.8, 4) is 0 Å². The van der Waals surface area contributed by atoms with Crippen LogP contribution in [0, 0.1) is 10.1 Å². The van der Waals surface area contributed by atoms with E-state index in [4.69, 9.17) is 9.47 Å². The third-order valence-corrected chi connectivity index (χ3v) is 5.13. The lowest BCUT2D eigenvalue weighted by Gasteiger charge is -2.28. The first-order valence-electron chi connectivity index (χ1n) is 10.3. The molecule has 1 saturated heterocycles. The number of ether oxygens (including phenoxy) is 2. The lowest BCUT2D eigenvalue weighted by molar-refractivity contribution is -0.384. The highest BCUT2D eigenvalue weighted by atomic mass is 16.6. The van der Waals surface area contributed by atoms with Crippen molar-refractivity contribution < 1.29 is 24.0 Å². The zero-order valence-electron chi connectivity index (χ0n) is 18.4. The minimum absolute atomic E-state index is 0.00198. The first-order valence-corrected chi connectivity index (χ1v) is 10.3. The summed E-state index contributed by atoms with van der Waals surface area (Å²) in [5.74, 6) is -1.30. The molecule has 9 heteroatoms. The number of nitro groups is 1. The number of hydrogen-bond acceptors (Lipinski definition) is 7. The quantitative estimate of drug-likeness (QED) is 0.415. The van der Waals surface area contributed by atoms with Gasteiger partial charge >= 0.3 is 5.97 Å². The number of morpholine rings is 1. The molecule has 2 aromatic carbocycles. The molecule has 0 unspecified atom stereocenters. The van der Waals surface area contributed by atoms with Crippen molar-refractivity contribution >= 4 is 28.9 Å². The van der Waals surface area contributed by atoms with E-state index < -0.39 is 23.4 Å². The van der Waals surface area contributed by atoms with Crippen LogP contribution in [0.4, 0.5) is 17.1 Å². The summed E-state index contributed by atoms with van der Waals surface area (Å²) < 4.78 is 10.3. The van der Waals surface area contributed by atoms with Gasteiger partial charge in [0.25, 0.3) is 11.6 Å². The summed E-state index contributed by atoms with van der Waals surface area (Å²) in [7, 11) is 0. The number of esters is 1. The molecule has 0 aliphatic carbocycles. The number of anilines is 2. The third-order valence-electron chi connectivity index (χ3n) is 5.13. The van der Waals surface area contributed by atoms with E-state index in [1.54, 1.807) is 12.1 Å². The molecule has 170 valence electrons. The van der Waals surface area contributed by atoms with Crippen LogP contribution >= 0.6 is 0 Å². The van der Waals surface area contributed by atoms with Gasteiger partial charge in [-0.15, -0.1) is 0 Å². The molecule has 1 N–H and O–H groups in total. The fraction of sp³-hybridized carbons (Fsp3) is 0.391. The smallest absolute Gasteiger partial charge is 0.338 e. The number of hydrogen-bond donors (Lipinski definition) is 1. The molecule has 0 saturated carbocycles. The topological polar surface area (TPSA) is 111 Å². The first-order chi connectivity index (χ1) is 15.1. The van der Waals surface area contributed by atoms with Gasteiger partial charge in [-0.2, -0.15) is 0 Å². The Bertz CT molecular complexity index is 992. The second-order valence-corrected chi connectivity index (χ2v) is 8.51. The highest BCUT2D eigenvalue weighted by Crippen LogP contribution is 2.30. The van der Waals surface area contributed by atoms with Gasteiger partial charge in [0.1, 0.15) is 5.69 Å². The SMILES string of the molecule is CC(C)(C)c1ccc(NC(=O)COC(=O)c2ccc(N3CCOCC3)c([N+](=O)[O-])c2)cc1. The molecule has 1 aliphatic rings. The molecule has 0 radical (unpaired) electrons. The van der Waals surface area contributed by atoms with Crippen molar-refractivity contribution in [1.82, 2.24) is 0 Å². The predicted molar refractivity (Wildman–Crippen MR) is 120 cm³/mol. The Balaban J connectivity index is 1.61. The van der Waals surface area contributed by atoms with Crippen LogP contribution in [0.25, 0.3) is 0 Å². The molecule has 3 rings (SSSR count). The average Bonchev–Trinajstić information content (AvgIpc) is 2.77. The van der Waals surface area contributed by atoms with Crippen molar-refractivity contribution in [2.45, 2.75) is 26.2 Å². The number of carbonyl (C=O) groups is 2. The van der Waals surface area contributed by atoms with Crippen molar-refractivity contribution in [3.63, 3.8) is 0 Å². The first kappa shape index (κ1) is 23.2. The van der Waals surface area contributed by atoms with Crippen molar-refractivity contribution in [2.24, 2.45) is 0 Å². The average molecular weight is 441 g/mol. The third kappa shape index (κ3) is 5.82. The van der Waals surface area contributed by atoms with Gasteiger partial charge in [-0.1, -0.05) is 32.9 Å². The second-order valence-electron chi connectivity index (χ2n) is 8.51. The lowest BCUT2D eigenvalue weighted by Crippen LogP contribution is -2.36. The minimum atomic E-state index is -0.806. The zero-order valence-corrected chi connectivity index (χ0v) is 18.4. The van der Waals surface area contributed by atoms with Crippen molar-refractivity contribution in [3.05, 3.63) is 63.7 Å². The van der Waals surface area contributed by atoms with Crippen molar-refractivity contribution in [1.29, 1.82) is 0 Å². The molecular weight excluding hydrogens is 414 g/mol. The van der Waals surface area contributed by atoms with Gasteiger partial charge < -0.3 is 19.7 Å². The van der Waals surface area contributed by atoms with Gasteiger partial charge in [-0.25, -0.2) is 4.79 Å². The number of nitro benzene ring substituents is 1. The van der Waals surface area contributed by atoms with E-state index in [-0.39, 0.29) is 16.7 Å². The fourth-order valence-corrected chi connectivity index (χ4v) is 3.33. The Morgan fingerprint density at radius 3 is 2.38 bits per heavy atom. The van der Waals surface area contributed by atoms with E-state index in [0.29, 0.717) is 37.7 Å². The molecule has 0 atom stereocenters. The summed E-state index contributed by atoms with van der Waals surface area (Å²) in [6, 6.07) is 11.6. The molecule has 1 fully saturated rings. The summed E-state index contributed by atoms with van der Waals surface area (Å²) >= 11 is 0. The lowest BCUT2D eigenvalue weighted by atomic mass is 9.87. The van der Waals surface area contributed by atoms with Gasteiger partial charge in [0.15, 0.2) is 6.61 Å². The number of carbonyl (C=O) groups excluding carboxylic acids is 2. The Morgan fingerprint density at radius 1 is 1.12 bits per heavy atom. The standard InChI is InChI=1S/C23H27N3O6/c1-23(2,3)17-5-7-18(8-6-17)24-21(27)15-32-22(28)16-4-9-19(20(14-16)26(29)30)25-10-12-31-13-11-25/h4-9,14H,10-13,15H2,1-3H3,(H,24,27). The van der Waals surface area contributed by atoms with Crippen LogP contribution in [0.3, 0.4) is 0 Å². The zero-order chi connectivity index (χ0) is 23.3. The highest BCUT2D eigenvalue weighted by molar-refractivity contribution is 5.96. The molecule has 0 bridgehead atoms. The van der Waals surface area contributed by atoms with Gasteiger partial charge in [0.05, 0.1) is 23.7 Å². The molecule has 0 spiro atoms. The monoisotopic (exact) mass is 441 g/mol. The largest absolute Gasteiger partial charge is 0.452 e. The van der Waals surface area contributed by atoms with E-state index in [0.717, 1.165) is 5.56 Å². The van der Waals surface area contributed by atoms with Gasteiger partial charge in [0.2, 0.25) is 0 Å². The molecule has 1 amide bonds. The molecule has 2 aromatic rings. The van der Waals surface area contributed by atoms with Gasteiger partial charge in [-0.3, -0.25) is 14.9 Å². The molecule has 0 aromatic heterocycles. The molecular formula is C23H27N3O6. The second kappa shape index (κ2) is 9.78. The van der Waals surface area contributed by atoms with E-state index >= 15 is 0 Å². The maximum absolute atomic E-state index is 12.4. The number of rotatable bonds is 6. The van der Waals surface area contributed by atoms with E-state index in [1.807, 2.05) is 17.0 Å². The molecule has 32 heavy (non-hydrogen) atoms. The van der Waals surface area contributed by atoms with E-state index in [2.05, 4.69) is 26.1 Å². The Hall–Kier alpha value is -3.46. The highest BCUT2D eigenvalue weighted by Gasteiger charge is 2.24. The normalized spacial score (nSPS) is 14.0. The van der Waals surface area contributed by atoms with Crippen LogP contribution in [0.1, 0.15) is 36.7 Å². The van der Waals surface area contributed by atoms with Crippen LogP contribution in [0.2, 0.25) is 0 Å². The summed E-state index contributed by atoms with van der Waals surface area (Å²) in [5.41, 5.74) is 1.96. The van der Waals surface area contributed by atoms with Crippen LogP contribution in [0.5, 0.6) is 0 Å². The van der Waals surface area contributed by atoms with Gasteiger partial charge in [0, 0.05) is 24.8 Å². The van der Waals surface area contributed by atoms with Crippen LogP contribution in [-0.2, 0) is 19.7 Å². The van der Waals surface area contributed by atoms with Crippen LogP contribution < -0.4 is 10.2 Å². The number of nitrogens with zero attached hydrogens (tertiary/aromatic N) is 2. The number of nitrogens with one attached hydrogen (secondary N) is 1. The van der Waals surface area contributed by atoms with Crippen LogP contribution in [0.15, 0.2) is 42.5 Å². The maximum atomic E-state index is 12.4. The van der Waals surface area contributed by atoms with Gasteiger partial charge in [-0.05, 0) is 35.2 Å². The number of amides is 1. The Kier molecular flexibility index (Phi) is 7.09. The fourth-order valence-electron chi connectivity index (χ4n) is 3.33. The summed E-state index contributed by atoms with van der Waals surface area (Å²) in [6.07, 6.45) is 0. The summed E-state index contributed by atoms with van der Waals surface area (Å²) in [4.78, 5) is 37.3. The Labute approximate surface area is 186 Å². The molecule has 1 aliphatic heterocycles. The molecule has 1 heterocycles. The van der Waals surface area contributed by atoms with Crippen molar-refractivity contribution in [2.75, 3.05) is 43.1 Å². The van der Waals surface area contributed by atoms with E-state index in [9.17, 15) is 19.7 Å². The summed E-state index contributed by atoms with van der Waals surface area (Å²) in [5, 5.41) is 14.2. The summed E-state index contributed by atoms with van der Waals surface area (Å²) in [6.45, 7) is 7.81. The van der Waals surface area contributed by atoms with E-state index in [1.165, 1.54) is 18.2 Å².